The van der Waals surface area contributed by atoms with E-state index in [9.17, 15) is 4.79 Å². The van der Waals surface area contributed by atoms with Crippen LogP contribution in [0.25, 0.3) is 0 Å². The van der Waals surface area contributed by atoms with Crippen molar-refractivity contribution in [2.75, 3.05) is 0 Å². The number of hydrogen-bond acceptors (Lipinski definition) is 2. The molecule has 78 valence electrons. The maximum Gasteiger partial charge on any atom is 0.314 e. The predicted molar refractivity (Wildman–Crippen MR) is 56.7 cm³/mol. The van der Waals surface area contributed by atoms with Crippen molar-refractivity contribution in [2.45, 2.75) is 18.8 Å². The number of benzene rings is 1. The monoisotopic (exact) mass is 223 g/mol. The minimum atomic E-state index is -1.17. The van der Waals surface area contributed by atoms with Crippen molar-refractivity contribution >= 4 is 17.6 Å². The first kappa shape index (κ1) is 11.5. The van der Waals surface area contributed by atoms with Crippen LogP contribution in [0.5, 0.6) is 0 Å². The Kier molecular flexibility index (Phi) is 3.33. The normalized spacial score (nSPS) is 13.9. The molecule has 0 fully saturated rings. The molecule has 0 bridgehead atoms. The Hall–Kier alpha value is -1.53. The highest BCUT2D eigenvalue weighted by atomic mass is 35.5. The maximum atomic E-state index is 11.1. The molecule has 3 nitrogen and oxygen atoms in total. The van der Waals surface area contributed by atoms with Crippen LogP contribution in [0.15, 0.2) is 24.3 Å². The van der Waals surface area contributed by atoms with E-state index in [0.717, 1.165) is 0 Å². The van der Waals surface area contributed by atoms with Crippen molar-refractivity contribution in [2.24, 2.45) is 0 Å². The minimum absolute atomic E-state index is 0.0655. The Labute approximate surface area is 92.9 Å². The molecule has 0 radical (unpaired) electrons. The second-order valence-corrected chi connectivity index (χ2v) is 3.92. The summed E-state index contributed by atoms with van der Waals surface area (Å²) in [5.74, 6) is -1.01. The minimum Gasteiger partial charge on any atom is -0.481 e. The van der Waals surface area contributed by atoms with Gasteiger partial charge in [-0.05, 0) is 24.6 Å². The molecule has 0 aliphatic carbocycles. The van der Waals surface area contributed by atoms with Crippen LogP contribution in [0, 0.1) is 11.3 Å². The van der Waals surface area contributed by atoms with E-state index >= 15 is 0 Å². The van der Waals surface area contributed by atoms with Crippen LogP contribution in [0.3, 0.4) is 0 Å². The fourth-order valence-corrected chi connectivity index (χ4v) is 1.40. The van der Waals surface area contributed by atoms with E-state index in [1.54, 1.807) is 24.3 Å². The molecule has 0 aromatic heterocycles. The quantitative estimate of drug-likeness (QED) is 0.857. The van der Waals surface area contributed by atoms with E-state index in [1.807, 2.05) is 6.07 Å². The molecule has 1 rings (SSSR count). The van der Waals surface area contributed by atoms with Crippen molar-refractivity contribution in [1.29, 1.82) is 5.26 Å². The summed E-state index contributed by atoms with van der Waals surface area (Å²) < 4.78 is 0. The van der Waals surface area contributed by atoms with Crippen LogP contribution in [-0.4, -0.2) is 11.1 Å². The van der Waals surface area contributed by atoms with Gasteiger partial charge >= 0.3 is 5.97 Å². The molecule has 0 aliphatic heterocycles. The predicted octanol–water partition coefficient (Wildman–Crippen LogP) is 2.60. The molecule has 1 atom stereocenters. The number of nitrogens with zero attached hydrogens (tertiary/aromatic N) is 1. The van der Waals surface area contributed by atoms with Gasteiger partial charge in [-0.3, -0.25) is 4.79 Å². The zero-order valence-electron chi connectivity index (χ0n) is 8.20. The Morgan fingerprint density at radius 3 is 2.47 bits per heavy atom. The fraction of sp³-hybridized carbons (Fsp3) is 0.273. The lowest BCUT2D eigenvalue weighted by Crippen LogP contribution is -2.31. The summed E-state index contributed by atoms with van der Waals surface area (Å²) in [5, 5.41) is 18.3. The topological polar surface area (TPSA) is 61.1 Å². The lowest BCUT2D eigenvalue weighted by molar-refractivity contribution is -0.143. The highest BCUT2D eigenvalue weighted by Crippen LogP contribution is 2.28. The summed E-state index contributed by atoms with van der Waals surface area (Å²) in [7, 11) is 0. The number of hydrogen-bond donors (Lipinski definition) is 1. The Morgan fingerprint density at radius 2 is 2.07 bits per heavy atom. The van der Waals surface area contributed by atoms with Crippen molar-refractivity contribution in [3.05, 3.63) is 34.9 Å². The molecular weight excluding hydrogens is 214 g/mol. The summed E-state index contributed by atoms with van der Waals surface area (Å²) in [4.78, 5) is 11.1. The molecule has 0 amide bonds. The molecule has 1 unspecified atom stereocenters. The molecule has 0 aliphatic rings. The average molecular weight is 224 g/mol. The van der Waals surface area contributed by atoms with E-state index in [4.69, 9.17) is 22.0 Å². The van der Waals surface area contributed by atoms with Crippen molar-refractivity contribution in [1.82, 2.24) is 0 Å². The van der Waals surface area contributed by atoms with Gasteiger partial charge in [-0.25, -0.2) is 0 Å². The molecule has 4 heteroatoms. The molecule has 1 N–H and O–H groups in total. The standard InChI is InChI=1S/C11H10ClNO2/c1-11(6-7-13,10(14)15)8-2-4-9(12)5-3-8/h2-5H,6H2,1H3,(H,14,15). The van der Waals surface area contributed by atoms with Gasteiger partial charge in [0.05, 0.1) is 12.5 Å². The van der Waals surface area contributed by atoms with Crippen molar-refractivity contribution in [3.8, 4) is 6.07 Å². The molecule has 0 saturated carbocycles. The lowest BCUT2D eigenvalue weighted by atomic mass is 9.80. The first-order valence-electron chi connectivity index (χ1n) is 4.37. The van der Waals surface area contributed by atoms with Gasteiger partial charge in [-0.2, -0.15) is 5.26 Å². The van der Waals surface area contributed by atoms with Gasteiger partial charge in [-0.1, -0.05) is 23.7 Å². The smallest absolute Gasteiger partial charge is 0.314 e. The van der Waals surface area contributed by atoms with Crippen LogP contribution in [0.4, 0.5) is 0 Å². The first-order chi connectivity index (χ1) is 7.00. The molecule has 15 heavy (non-hydrogen) atoms. The lowest BCUT2D eigenvalue weighted by Gasteiger charge is -2.22. The second kappa shape index (κ2) is 4.33. The highest BCUT2D eigenvalue weighted by molar-refractivity contribution is 6.30. The summed E-state index contributed by atoms with van der Waals surface area (Å²) in [6, 6.07) is 8.40. The van der Waals surface area contributed by atoms with E-state index in [1.165, 1.54) is 6.92 Å². The number of aliphatic carboxylic acids is 1. The SMILES string of the molecule is CC(CC#N)(C(=O)O)c1ccc(Cl)cc1. The Bertz CT molecular complexity index is 408. The number of nitriles is 1. The van der Waals surface area contributed by atoms with E-state index < -0.39 is 11.4 Å². The van der Waals surface area contributed by atoms with Crippen LogP contribution >= 0.6 is 11.6 Å². The highest BCUT2D eigenvalue weighted by Gasteiger charge is 2.34. The van der Waals surface area contributed by atoms with Crippen LogP contribution < -0.4 is 0 Å². The third kappa shape index (κ3) is 2.28. The number of carboxylic acid groups (broad SMARTS) is 1. The second-order valence-electron chi connectivity index (χ2n) is 3.48. The molecule has 0 spiro atoms. The van der Waals surface area contributed by atoms with Gasteiger partial charge in [0.2, 0.25) is 0 Å². The Morgan fingerprint density at radius 1 is 1.53 bits per heavy atom. The number of carboxylic acids is 1. The van der Waals surface area contributed by atoms with Gasteiger partial charge in [-0.15, -0.1) is 0 Å². The summed E-state index contributed by atoms with van der Waals surface area (Å²) in [6.45, 7) is 1.53. The van der Waals surface area contributed by atoms with Gasteiger partial charge in [0.15, 0.2) is 0 Å². The van der Waals surface area contributed by atoms with Crippen molar-refractivity contribution < 1.29 is 9.90 Å². The van der Waals surface area contributed by atoms with Crippen LogP contribution in [0.2, 0.25) is 5.02 Å². The number of halogens is 1. The number of rotatable bonds is 3. The van der Waals surface area contributed by atoms with Gasteiger partial charge in [0, 0.05) is 5.02 Å². The van der Waals surface area contributed by atoms with Gasteiger partial charge < -0.3 is 5.11 Å². The summed E-state index contributed by atoms with van der Waals surface area (Å²) >= 11 is 5.71. The van der Waals surface area contributed by atoms with E-state index in [2.05, 4.69) is 0 Å². The molecule has 1 aromatic rings. The first-order valence-corrected chi connectivity index (χ1v) is 4.75. The molecular formula is C11H10ClNO2. The molecule has 1 aromatic carbocycles. The molecule has 0 saturated heterocycles. The maximum absolute atomic E-state index is 11.1. The third-order valence-corrected chi connectivity index (χ3v) is 2.64. The third-order valence-electron chi connectivity index (χ3n) is 2.39. The fourth-order valence-electron chi connectivity index (χ4n) is 1.28. The summed E-state index contributed by atoms with van der Waals surface area (Å²) in [6.07, 6.45) is -0.0655. The number of carbonyl (C=O) groups is 1. The Balaban J connectivity index is 3.16. The van der Waals surface area contributed by atoms with Crippen LogP contribution in [-0.2, 0) is 10.2 Å². The van der Waals surface area contributed by atoms with E-state index in [-0.39, 0.29) is 6.42 Å². The largest absolute Gasteiger partial charge is 0.481 e. The summed E-state index contributed by atoms with van der Waals surface area (Å²) in [5.41, 5.74) is -0.583. The van der Waals surface area contributed by atoms with Gasteiger partial charge in [0.25, 0.3) is 0 Å². The zero-order valence-corrected chi connectivity index (χ0v) is 8.95. The van der Waals surface area contributed by atoms with Gasteiger partial charge in [0.1, 0.15) is 5.41 Å². The average Bonchev–Trinajstić information content (AvgIpc) is 2.18. The van der Waals surface area contributed by atoms with Crippen molar-refractivity contribution in [3.63, 3.8) is 0 Å². The van der Waals surface area contributed by atoms with Crippen LogP contribution in [0.1, 0.15) is 18.9 Å². The molecule has 0 heterocycles. The zero-order chi connectivity index (χ0) is 11.5. The van der Waals surface area contributed by atoms with E-state index in [0.29, 0.717) is 10.6 Å².